The standard InChI is InChI=1S/C9H13O4P/c1-9(2,13-14(10,11)12)8-6-4-3-5-7-8/h3-7H,1-2H3,(H2,10,11,12)/p-2. The van der Waals surface area contributed by atoms with Gasteiger partial charge in [-0.2, -0.15) is 0 Å². The molecule has 0 saturated carbocycles. The maximum Gasteiger partial charge on any atom is 0.0927 e. The zero-order chi connectivity index (χ0) is 10.8. The molecule has 0 saturated heterocycles. The lowest BCUT2D eigenvalue weighted by atomic mass is 9.99. The van der Waals surface area contributed by atoms with E-state index >= 15 is 0 Å². The van der Waals surface area contributed by atoms with E-state index in [1.54, 1.807) is 30.3 Å². The average molecular weight is 214 g/mol. The summed E-state index contributed by atoms with van der Waals surface area (Å²) in [5.41, 5.74) is -0.466. The van der Waals surface area contributed by atoms with Crippen molar-refractivity contribution < 1.29 is 18.9 Å². The molecule has 0 aliphatic carbocycles. The molecule has 0 aromatic heterocycles. The molecule has 0 heterocycles. The molecule has 1 aromatic rings. The maximum atomic E-state index is 10.5. The minimum absolute atomic E-state index is 0.645. The first-order valence-corrected chi connectivity index (χ1v) is 5.56. The number of benzene rings is 1. The van der Waals surface area contributed by atoms with Crippen LogP contribution in [0.4, 0.5) is 0 Å². The molecule has 0 aliphatic heterocycles. The van der Waals surface area contributed by atoms with Crippen LogP contribution in [0.25, 0.3) is 0 Å². The van der Waals surface area contributed by atoms with E-state index in [2.05, 4.69) is 4.52 Å². The van der Waals surface area contributed by atoms with Crippen LogP contribution < -0.4 is 9.79 Å². The average Bonchev–Trinajstić information content (AvgIpc) is 2.01. The van der Waals surface area contributed by atoms with Crippen molar-refractivity contribution in [2.75, 3.05) is 0 Å². The van der Waals surface area contributed by atoms with Crippen LogP contribution in [0.3, 0.4) is 0 Å². The second-order valence-corrected chi connectivity index (χ2v) is 4.49. The normalized spacial score (nSPS) is 12.9. The summed E-state index contributed by atoms with van der Waals surface area (Å²) in [5.74, 6) is 0. The molecule has 0 spiro atoms. The fourth-order valence-electron chi connectivity index (χ4n) is 1.17. The molecule has 1 aromatic carbocycles. The highest BCUT2D eigenvalue weighted by molar-refractivity contribution is 7.43. The summed E-state index contributed by atoms with van der Waals surface area (Å²) in [5, 5.41) is 0. The Hall–Kier alpha value is -0.670. The summed E-state index contributed by atoms with van der Waals surface area (Å²) in [4.78, 5) is 20.9. The Morgan fingerprint density at radius 1 is 1.21 bits per heavy atom. The third-order valence-electron chi connectivity index (χ3n) is 1.81. The summed E-state index contributed by atoms with van der Waals surface area (Å²) < 4.78 is 14.9. The molecule has 4 nitrogen and oxygen atoms in total. The van der Waals surface area contributed by atoms with Gasteiger partial charge in [-0.3, -0.25) is 0 Å². The highest BCUT2D eigenvalue weighted by Crippen LogP contribution is 2.38. The van der Waals surface area contributed by atoms with Gasteiger partial charge < -0.3 is 18.9 Å². The van der Waals surface area contributed by atoms with Crippen molar-refractivity contribution in [2.24, 2.45) is 0 Å². The summed E-state index contributed by atoms with van der Waals surface area (Å²) in [7, 11) is -4.95. The lowest BCUT2D eigenvalue weighted by Crippen LogP contribution is -2.27. The molecule has 0 unspecified atom stereocenters. The van der Waals surface area contributed by atoms with Crippen LogP contribution >= 0.6 is 7.82 Å². The Morgan fingerprint density at radius 3 is 2.14 bits per heavy atom. The zero-order valence-electron chi connectivity index (χ0n) is 7.97. The molecule has 1 rings (SSSR count). The quantitative estimate of drug-likeness (QED) is 0.696. The summed E-state index contributed by atoms with van der Waals surface area (Å²) in [6.45, 7) is 3.07. The molecule has 14 heavy (non-hydrogen) atoms. The van der Waals surface area contributed by atoms with Crippen molar-refractivity contribution in [1.82, 2.24) is 0 Å². The molecule has 0 N–H and O–H groups in total. The highest BCUT2D eigenvalue weighted by Gasteiger charge is 2.22. The Morgan fingerprint density at radius 2 is 1.71 bits per heavy atom. The molecule has 0 fully saturated rings. The van der Waals surface area contributed by atoms with Gasteiger partial charge in [-0.25, -0.2) is 0 Å². The van der Waals surface area contributed by atoms with Gasteiger partial charge in [0.15, 0.2) is 0 Å². The second kappa shape index (κ2) is 3.83. The van der Waals surface area contributed by atoms with Crippen LogP contribution in [-0.2, 0) is 14.7 Å². The van der Waals surface area contributed by atoms with E-state index in [9.17, 15) is 14.4 Å². The van der Waals surface area contributed by atoms with Crippen LogP contribution in [0.1, 0.15) is 19.4 Å². The first-order valence-electron chi connectivity index (χ1n) is 4.10. The van der Waals surface area contributed by atoms with Crippen molar-refractivity contribution in [3.05, 3.63) is 35.9 Å². The van der Waals surface area contributed by atoms with Crippen LogP contribution in [0.5, 0.6) is 0 Å². The molecule has 0 amide bonds. The van der Waals surface area contributed by atoms with E-state index in [4.69, 9.17) is 0 Å². The monoisotopic (exact) mass is 214 g/mol. The van der Waals surface area contributed by atoms with Crippen LogP contribution in [0.2, 0.25) is 0 Å². The lowest BCUT2D eigenvalue weighted by molar-refractivity contribution is -0.349. The van der Waals surface area contributed by atoms with Gasteiger partial charge in [0, 0.05) is 0 Å². The summed E-state index contributed by atoms with van der Waals surface area (Å²) in [6.07, 6.45) is 0. The molecule has 0 aliphatic rings. The van der Waals surface area contributed by atoms with E-state index in [1.165, 1.54) is 13.8 Å². The van der Waals surface area contributed by atoms with Crippen LogP contribution in [0.15, 0.2) is 30.3 Å². The van der Waals surface area contributed by atoms with Gasteiger partial charge in [-0.1, -0.05) is 30.3 Å². The van der Waals surface area contributed by atoms with E-state index in [-0.39, 0.29) is 0 Å². The number of hydrogen-bond donors (Lipinski definition) is 0. The van der Waals surface area contributed by atoms with Gasteiger partial charge in [0.05, 0.1) is 13.4 Å². The molecule has 0 radical (unpaired) electrons. The summed E-state index contributed by atoms with van der Waals surface area (Å²) in [6, 6.07) is 8.71. The van der Waals surface area contributed by atoms with Crippen LogP contribution in [0, 0.1) is 0 Å². The van der Waals surface area contributed by atoms with E-state index in [1.807, 2.05) is 0 Å². The van der Waals surface area contributed by atoms with Gasteiger partial charge in [-0.15, -0.1) is 0 Å². The third kappa shape index (κ3) is 3.24. The molecular formula is C9H11O4P-2. The Labute approximate surface area is 82.8 Å². The first kappa shape index (κ1) is 11.4. The van der Waals surface area contributed by atoms with E-state index < -0.39 is 13.4 Å². The topological polar surface area (TPSA) is 72.4 Å². The molecule has 0 bridgehead atoms. The van der Waals surface area contributed by atoms with Crippen molar-refractivity contribution in [1.29, 1.82) is 0 Å². The lowest BCUT2D eigenvalue weighted by Gasteiger charge is -2.38. The van der Waals surface area contributed by atoms with Crippen molar-refractivity contribution in [3.8, 4) is 0 Å². The van der Waals surface area contributed by atoms with Gasteiger partial charge in [0.1, 0.15) is 0 Å². The molecule has 0 atom stereocenters. The fraction of sp³-hybridized carbons (Fsp3) is 0.333. The van der Waals surface area contributed by atoms with Gasteiger partial charge in [0.2, 0.25) is 0 Å². The Balaban J connectivity index is 2.92. The minimum Gasteiger partial charge on any atom is -0.790 e. The predicted octanol–water partition coefficient (Wildman–Crippen LogP) is 0.767. The molecule has 78 valence electrons. The number of hydrogen-bond acceptors (Lipinski definition) is 4. The van der Waals surface area contributed by atoms with Gasteiger partial charge in [0.25, 0.3) is 0 Å². The van der Waals surface area contributed by atoms with Crippen LogP contribution in [-0.4, -0.2) is 0 Å². The van der Waals surface area contributed by atoms with Gasteiger partial charge >= 0.3 is 0 Å². The van der Waals surface area contributed by atoms with Crippen molar-refractivity contribution in [2.45, 2.75) is 19.4 Å². The van der Waals surface area contributed by atoms with E-state index in [0.29, 0.717) is 5.56 Å². The number of phosphoric acid groups is 1. The first-order chi connectivity index (χ1) is 6.31. The molecular weight excluding hydrogens is 203 g/mol. The van der Waals surface area contributed by atoms with Crippen molar-refractivity contribution >= 4 is 7.82 Å². The Kier molecular flexibility index (Phi) is 3.12. The van der Waals surface area contributed by atoms with Gasteiger partial charge in [-0.05, 0) is 19.4 Å². The smallest absolute Gasteiger partial charge is 0.0927 e. The SMILES string of the molecule is CC(C)(OP(=O)([O-])[O-])c1ccccc1. The maximum absolute atomic E-state index is 10.5. The third-order valence-corrected chi connectivity index (χ3v) is 2.49. The molecule has 5 heteroatoms. The predicted molar refractivity (Wildman–Crippen MR) is 48.2 cm³/mol. The summed E-state index contributed by atoms with van der Waals surface area (Å²) >= 11 is 0. The zero-order valence-corrected chi connectivity index (χ0v) is 8.86. The number of rotatable bonds is 3. The Bertz CT molecular complexity index is 341. The number of phosphoric ester groups is 1. The largest absolute Gasteiger partial charge is 0.790 e. The van der Waals surface area contributed by atoms with Crippen molar-refractivity contribution in [3.63, 3.8) is 0 Å². The second-order valence-electron chi connectivity index (χ2n) is 3.41. The minimum atomic E-state index is -4.95. The highest BCUT2D eigenvalue weighted by atomic mass is 31.2. The fourth-order valence-corrected chi connectivity index (χ4v) is 1.84. The van der Waals surface area contributed by atoms with E-state index in [0.717, 1.165) is 0 Å².